The largest absolute Gasteiger partial charge is 0.469 e. The number of rotatable bonds is 5. The van der Waals surface area contributed by atoms with Crippen molar-refractivity contribution in [2.45, 2.75) is 63.7 Å². The first-order chi connectivity index (χ1) is 13.2. The number of likely N-dealkylation sites (tertiary alicyclic amines) is 1. The molecular formula is C21H33N3O3. The number of piperidine rings is 1. The molecule has 2 aliphatic heterocycles. The number of nitrogens with one attached hydrogen (secondary N) is 1. The van der Waals surface area contributed by atoms with E-state index in [1.54, 1.807) is 6.26 Å². The van der Waals surface area contributed by atoms with Crippen molar-refractivity contribution in [1.82, 2.24) is 10.2 Å². The van der Waals surface area contributed by atoms with Gasteiger partial charge in [0.05, 0.1) is 19.5 Å². The van der Waals surface area contributed by atoms with E-state index in [9.17, 15) is 0 Å². The number of hydrogen-bond acceptors (Lipinski definition) is 4. The second-order valence-electron chi connectivity index (χ2n) is 8.16. The third-order valence-corrected chi connectivity index (χ3v) is 6.21. The Morgan fingerprint density at radius 2 is 2.04 bits per heavy atom. The molecule has 1 aliphatic carbocycles. The first-order valence-corrected chi connectivity index (χ1v) is 10.6. The number of ether oxygens (including phenoxy) is 2. The normalized spacial score (nSPS) is 26.6. The molecule has 150 valence electrons. The van der Waals surface area contributed by atoms with E-state index >= 15 is 0 Å². The van der Waals surface area contributed by atoms with E-state index < -0.39 is 5.79 Å². The standard InChI is InChI=1S/C21H33N3O3/c1-21(26-14-15-27-21)17-6-4-12-24(16-17)20(23-18-7-2-3-8-18)22-11-10-19-9-5-13-25-19/h5,9,13,17-18H,2-4,6-8,10-12,14-16H2,1H3,(H,22,23). The summed E-state index contributed by atoms with van der Waals surface area (Å²) in [7, 11) is 0. The molecule has 1 unspecified atom stereocenters. The highest BCUT2D eigenvalue weighted by Crippen LogP contribution is 2.34. The average Bonchev–Trinajstić information content (AvgIpc) is 3.45. The third-order valence-electron chi connectivity index (χ3n) is 6.21. The summed E-state index contributed by atoms with van der Waals surface area (Å²) >= 11 is 0. The molecular weight excluding hydrogens is 342 g/mol. The van der Waals surface area contributed by atoms with Gasteiger partial charge in [0.25, 0.3) is 0 Å². The molecule has 4 rings (SSSR count). The molecule has 0 spiro atoms. The fraction of sp³-hybridized carbons (Fsp3) is 0.762. The predicted octanol–water partition coefficient (Wildman–Crippen LogP) is 3.19. The summed E-state index contributed by atoms with van der Waals surface area (Å²) in [5.74, 6) is 2.00. The molecule has 3 heterocycles. The second kappa shape index (κ2) is 8.65. The van der Waals surface area contributed by atoms with Crippen LogP contribution in [-0.4, -0.2) is 55.5 Å². The molecule has 6 nitrogen and oxygen atoms in total. The van der Waals surface area contributed by atoms with E-state index in [0.29, 0.717) is 25.2 Å². The first kappa shape index (κ1) is 18.8. The first-order valence-electron chi connectivity index (χ1n) is 10.6. The molecule has 0 amide bonds. The minimum absolute atomic E-state index is 0.384. The van der Waals surface area contributed by atoms with Crippen molar-refractivity contribution in [2.24, 2.45) is 10.9 Å². The van der Waals surface area contributed by atoms with Crippen LogP contribution in [0.25, 0.3) is 0 Å². The highest BCUT2D eigenvalue weighted by Gasteiger charge is 2.42. The van der Waals surface area contributed by atoms with E-state index in [1.165, 1.54) is 25.7 Å². The topological polar surface area (TPSA) is 59.2 Å². The van der Waals surface area contributed by atoms with Crippen molar-refractivity contribution >= 4 is 5.96 Å². The zero-order valence-corrected chi connectivity index (χ0v) is 16.5. The van der Waals surface area contributed by atoms with Gasteiger partial charge in [-0.2, -0.15) is 0 Å². The van der Waals surface area contributed by atoms with Crippen LogP contribution in [0.2, 0.25) is 0 Å². The fourth-order valence-corrected chi connectivity index (χ4v) is 4.58. The average molecular weight is 376 g/mol. The van der Waals surface area contributed by atoms with Gasteiger partial charge < -0.3 is 24.1 Å². The van der Waals surface area contributed by atoms with Crippen LogP contribution in [0.1, 0.15) is 51.2 Å². The number of guanidine groups is 1. The van der Waals surface area contributed by atoms with Crippen LogP contribution >= 0.6 is 0 Å². The maximum absolute atomic E-state index is 5.95. The van der Waals surface area contributed by atoms with Gasteiger partial charge in [0.1, 0.15) is 5.76 Å². The molecule has 1 atom stereocenters. The van der Waals surface area contributed by atoms with Crippen LogP contribution in [-0.2, 0) is 15.9 Å². The Kier molecular flexibility index (Phi) is 6.03. The summed E-state index contributed by atoms with van der Waals surface area (Å²) in [5, 5.41) is 3.75. The van der Waals surface area contributed by atoms with Crippen LogP contribution < -0.4 is 5.32 Å². The molecule has 0 bridgehead atoms. The maximum Gasteiger partial charge on any atom is 0.194 e. The Hall–Kier alpha value is -1.53. The Labute approximate surface area is 162 Å². The molecule has 27 heavy (non-hydrogen) atoms. The second-order valence-corrected chi connectivity index (χ2v) is 8.16. The number of nitrogens with zero attached hydrogens (tertiary/aromatic N) is 2. The van der Waals surface area contributed by atoms with Crippen LogP contribution in [0.15, 0.2) is 27.8 Å². The van der Waals surface area contributed by atoms with Gasteiger partial charge in [-0.15, -0.1) is 0 Å². The van der Waals surface area contributed by atoms with Crippen LogP contribution in [0, 0.1) is 5.92 Å². The molecule has 3 fully saturated rings. The minimum Gasteiger partial charge on any atom is -0.469 e. The molecule has 0 radical (unpaired) electrons. The summed E-state index contributed by atoms with van der Waals surface area (Å²) in [6, 6.07) is 4.52. The Morgan fingerprint density at radius 3 is 2.78 bits per heavy atom. The summed E-state index contributed by atoms with van der Waals surface area (Å²) in [4.78, 5) is 7.38. The lowest BCUT2D eigenvalue weighted by Crippen LogP contribution is -2.53. The smallest absolute Gasteiger partial charge is 0.194 e. The molecule has 2 saturated heterocycles. The lowest BCUT2D eigenvalue weighted by molar-refractivity contribution is -0.189. The summed E-state index contributed by atoms with van der Waals surface area (Å²) in [6.45, 7) is 6.25. The maximum atomic E-state index is 5.95. The Morgan fingerprint density at radius 1 is 1.22 bits per heavy atom. The van der Waals surface area contributed by atoms with E-state index in [4.69, 9.17) is 18.9 Å². The van der Waals surface area contributed by atoms with Crippen molar-refractivity contribution in [3.05, 3.63) is 24.2 Å². The zero-order valence-electron chi connectivity index (χ0n) is 16.5. The summed E-state index contributed by atoms with van der Waals surface area (Å²) in [5.41, 5.74) is 0. The fourth-order valence-electron chi connectivity index (χ4n) is 4.58. The number of furan rings is 1. The SMILES string of the molecule is CC1(C2CCCN(C(=NCCc3ccco3)NC3CCCC3)C2)OCCO1. The van der Waals surface area contributed by atoms with Crippen molar-refractivity contribution < 1.29 is 13.9 Å². The van der Waals surface area contributed by atoms with Gasteiger partial charge in [0, 0.05) is 38.0 Å². The lowest BCUT2D eigenvalue weighted by Gasteiger charge is -2.41. The summed E-state index contributed by atoms with van der Waals surface area (Å²) < 4.78 is 17.4. The van der Waals surface area contributed by atoms with E-state index in [2.05, 4.69) is 17.1 Å². The highest BCUT2D eigenvalue weighted by atomic mass is 16.7. The van der Waals surface area contributed by atoms with Gasteiger partial charge >= 0.3 is 0 Å². The molecule has 1 saturated carbocycles. The summed E-state index contributed by atoms with van der Waals surface area (Å²) in [6.07, 6.45) is 10.0. The number of hydrogen-bond donors (Lipinski definition) is 1. The number of aliphatic imine (C=N–C) groups is 1. The van der Waals surface area contributed by atoms with Crippen LogP contribution in [0.5, 0.6) is 0 Å². The molecule has 1 aromatic heterocycles. The van der Waals surface area contributed by atoms with Gasteiger partial charge in [-0.3, -0.25) is 4.99 Å². The van der Waals surface area contributed by atoms with Crippen LogP contribution in [0.4, 0.5) is 0 Å². The van der Waals surface area contributed by atoms with Crippen molar-refractivity contribution in [1.29, 1.82) is 0 Å². The lowest BCUT2D eigenvalue weighted by atomic mass is 9.90. The van der Waals surface area contributed by atoms with Gasteiger partial charge in [0.2, 0.25) is 0 Å². The monoisotopic (exact) mass is 375 g/mol. The van der Waals surface area contributed by atoms with Gasteiger partial charge in [-0.05, 0) is 44.7 Å². The van der Waals surface area contributed by atoms with E-state index in [-0.39, 0.29) is 0 Å². The molecule has 0 aromatic carbocycles. The highest BCUT2D eigenvalue weighted by molar-refractivity contribution is 5.80. The zero-order chi connectivity index (χ0) is 18.5. The molecule has 1 aromatic rings. The molecule has 6 heteroatoms. The Balaban J connectivity index is 1.42. The molecule has 1 N–H and O–H groups in total. The van der Waals surface area contributed by atoms with E-state index in [1.807, 2.05) is 12.1 Å². The predicted molar refractivity (Wildman–Crippen MR) is 105 cm³/mol. The van der Waals surface area contributed by atoms with Crippen molar-refractivity contribution in [2.75, 3.05) is 32.8 Å². The van der Waals surface area contributed by atoms with Gasteiger partial charge in [-0.1, -0.05) is 12.8 Å². The van der Waals surface area contributed by atoms with Gasteiger partial charge in [-0.25, -0.2) is 0 Å². The van der Waals surface area contributed by atoms with E-state index in [0.717, 1.165) is 50.6 Å². The molecule has 3 aliphatic rings. The third kappa shape index (κ3) is 4.66. The van der Waals surface area contributed by atoms with Crippen molar-refractivity contribution in [3.8, 4) is 0 Å². The van der Waals surface area contributed by atoms with Crippen LogP contribution in [0.3, 0.4) is 0 Å². The van der Waals surface area contributed by atoms with Crippen molar-refractivity contribution in [3.63, 3.8) is 0 Å². The quantitative estimate of drug-likeness (QED) is 0.633. The minimum atomic E-state index is -0.439. The Bertz CT molecular complexity index is 604. The van der Waals surface area contributed by atoms with Gasteiger partial charge in [0.15, 0.2) is 11.7 Å².